The van der Waals surface area contributed by atoms with Crippen LogP contribution in [0.15, 0.2) is 0 Å². The zero-order valence-electron chi connectivity index (χ0n) is 11.7. The Hall–Kier alpha value is -0.260. The Labute approximate surface area is 115 Å². The minimum Gasteiger partial charge on any atom is -0.394 e. The minimum atomic E-state index is -0.730. The van der Waals surface area contributed by atoms with Gasteiger partial charge in [0.15, 0.2) is 0 Å². The van der Waals surface area contributed by atoms with Crippen LogP contribution in [0.1, 0.15) is 40.0 Å². The lowest BCUT2D eigenvalue weighted by Crippen LogP contribution is -2.34. The Morgan fingerprint density at radius 2 is 1.94 bits per heavy atom. The summed E-state index contributed by atoms with van der Waals surface area (Å²) in [6.07, 6.45) is 2.60. The fourth-order valence-electron chi connectivity index (χ4n) is 1.56. The maximum atomic E-state index is 11.5. The van der Waals surface area contributed by atoms with Crippen molar-refractivity contribution in [1.29, 1.82) is 0 Å². The summed E-state index contributed by atoms with van der Waals surface area (Å²) in [6.45, 7) is 6.17. The fraction of sp³-hybridized carbons (Fsp3) is 0.923. The summed E-state index contributed by atoms with van der Waals surface area (Å²) >= 11 is 1.34. The first-order valence-corrected chi connectivity index (χ1v) is 7.77. The zero-order chi connectivity index (χ0) is 14.0. The first-order valence-electron chi connectivity index (χ1n) is 6.61. The molecule has 0 spiro atoms. The molecule has 0 aliphatic heterocycles. The Morgan fingerprint density at radius 3 is 2.50 bits per heavy atom. The lowest BCUT2D eigenvalue weighted by molar-refractivity contribution is -0.119. The second kappa shape index (κ2) is 10.6. The summed E-state index contributed by atoms with van der Waals surface area (Å²) in [5.41, 5.74) is 0. The lowest BCUT2D eigenvalue weighted by Gasteiger charge is -2.14. The molecule has 0 saturated carbocycles. The Bertz CT molecular complexity index is 224. The number of amides is 1. The third kappa shape index (κ3) is 10.9. The van der Waals surface area contributed by atoms with Crippen LogP contribution in [0.25, 0.3) is 0 Å². The average Bonchev–Trinajstić information content (AvgIpc) is 2.28. The van der Waals surface area contributed by atoms with Gasteiger partial charge in [0.2, 0.25) is 5.91 Å². The number of thioether (sulfide) groups is 1. The summed E-state index contributed by atoms with van der Waals surface area (Å²) in [4.78, 5) is 11.5. The van der Waals surface area contributed by atoms with Crippen molar-refractivity contribution >= 4 is 17.7 Å². The van der Waals surface area contributed by atoms with Crippen molar-refractivity contribution in [2.75, 3.05) is 18.1 Å². The number of carbonyl (C=O) groups is 1. The molecule has 108 valence electrons. The van der Waals surface area contributed by atoms with E-state index in [-0.39, 0.29) is 18.6 Å². The topological polar surface area (TPSA) is 69.6 Å². The monoisotopic (exact) mass is 277 g/mol. The molecule has 0 radical (unpaired) electrons. The Kier molecular flexibility index (Phi) is 10.5. The second-order valence-electron chi connectivity index (χ2n) is 5.14. The second-order valence-corrected chi connectivity index (χ2v) is 6.18. The van der Waals surface area contributed by atoms with Gasteiger partial charge in [-0.15, -0.1) is 11.8 Å². The summed E-state index contributed by atoms with van der Waals surface area (Å²) in [5, 5.41) is 20.7. The number of aliphatic hydroxyl groups is 2. The van der Waals surface area contributed by atoms with Gasteiger partial charge in [0.1, 0.15) is 0 Å². The predicted molar refractivity (Wildman–Crippen MR) is 76.7 cm³/mol. The van der Waals surface area contributed by atoms with Crippen molar-refractivity contribution in [3.05, 3.63) is 0 Å². The molecule has 0 aliphatic carbocycles. The molecule has 0 aromatic rings. The van der Waals surface area contributed by atoms with Gasteiger partial charge in [-0.25, -0.2) is 0 Å². The quantitative estimate of drug-likeness (QED) is 0.564. The molecule has 0 bridgehead atoms. The van der Waals surface area contributed by atoms with Crippen LogP contribution in [-0.2, 0) is 4.79 Å². The van der Waals surface area contributed by atoms with Gasteiger partial charge in [-0.1, -0.05) is 26.7 Å². The molecule has 0 rings (SSSR count). The Balaban J connectivity index is 3.55. The van der Waals surface area contributed by atoms with Gasteiger partial charge >= 0.3 is 0 Å². The van der Waals surface area contributed by atoms with Crippen molar-refractivity contribution in [2.45, 2.75) is 52.2 Å². The molecule has 18 heavy (non-hydrogen) atoms. The first kappa shape index (κ1) is 17.7. The van der Waals surface area contributed by atoms with E-state index in [9.17, 15) is 4.79 Å². The van der Waals surface area contributed by atoms with Crippen LogP contribution in [0.5, 0.6) is 0 Å². The summed E-state index contributed by atoms with van der Waals surface area (Å²) in [5.74, 6) is 1.45. The van der Waals surface area contributed by atoms with Crippen LogP contribution in [0.3, 0.4) is 0 Å². The molecule has 0 aliphatic rings. The summed E-state index contributed by atoms with van der Waals surface area (Å²) in [7, 11) is 0. The average molecular weight is 277 g/mol. The smallest absolute Gasteiger partial charge is 0.230 e. The van der Waals surface area contributed by atoms with Crippen molar-refractivity contribution in [1.82, 2.24) is 5.32 Å². The van der Waals surface area contributed by atoms with Gasteiger partial charge in [-0.05, 0) is 19.3 Å². The molecule has 0 aromatic heterocycles. The molecule has 1 amide bonds. The van der Waals surface area contributed by atoms with Crippen LogP contribution < -0.4 is 5.32 Å². The van der Waals surface area contributed by atoms with Gasteiger partial charge in [0.25, 0.3) is 0 Å². The van der Waals surface area contributed by atoms with Gasteiger partial charge in [-0.2, -0.15) is 0 Å². The molecule has 0 heterocycles. The third-order valence-electron chi connectivity index (χ3n) is 2.58. The van der Waals surface area contributed by atoms with E-state index >= 15 is 0 Å². The normalized spacial score (nSPS) is 14.6. The Morgan fingerprint density at radius 1 is 1.28 bits per heavy atom. The van der Waals surface area contributed by atoms with Crippen LogP contribution >= 0.6 is 11.8 Å². The molecule has 0 aromatic carbocycles. The van der Waals surface area contributed by atoms with Crippen molar-refractivity contribution in [3.8, 4) is 0 Å². The van der Waals surface area contributed by atoms with Crippen LogP contribution in [-0.4, -0.2) is 46.4 Å². The standard InChI is InChI=1S/C13H27NO3S/c1-10(2)5-4-6-11(3)14-13(17)9-18-8-12(16)7-15/h10-12,15-16H,4-9H2,1-3H3,(H,14,17). The molecule has 2 atom stereocenters. The summed E-state index contributed by atoms with van der Waals surface area (Å²) < 4.78 is 0. The molecule has 4 nitrogen and oxygen atoms in total. The minimum absolute atomic E-state index is 0.00202. The largest absolute Gasteiger partial charge is 0.394 e. The molecule has 0 saturated heterocycles. The van der Waals surface area contributed by atoms with E-state index in [1.807, 2.05) is 6.92 Å². The van der Waals surface area contributed by atoms with Crippen molar-refractivity contribution in [2.24, 2.45) is 5.92 Å². The maximum absolute atomic E-state index is 11.5. The third-order valence-corrected chi connectivity index (χ3v) is 3.67. The highest BCUT2D eigenvalue weighted by molar-refractivity contribution is 7.99. The number of carbonyl (C=O) groups excluding carboxylic acids is 1. The van der Waals surface area contributed by atoms with Crippen LogP contribution in [0, 0.1) is 5.92 Å². The van der Waals surface area contributed by atoms with E-state index in [1.165, 1.54) is 18.2 Å². The molecular weight excluding hydrogens is 250 g/mol. The van der Waals surface area contributed by atoms with Crippen LogP contribution in [0.4, 0.5) is 0 Å². The number of hydrogen-bond donors (Lipinski definition) is 3. The van der Waals surface area contributed by atoms with E-state index in [0.29, 0.717) is 17.4 Å². The highest BCUT2D eigenvalue weighted by atomic mass is 32.2. The van der Waals surface area contributed by atoms with E-state index in [1.54, 1.807) is 0 Å². The van der Waals surface area contributed by atoms with E-state index in [4.69, 9.17) is 10.2 Å². The van der Waals surface area contributed by atoms with Crippen molar-refractivity contribution in [3.63, 3.8) is 0 Å². The van der Waals surface area contributed by atoms with Gasteiger partial charge in [0, 0.05) is 11.8 Å². The number of rotatable bonds is 10. The van der Waals surface area contributed by atoms with E-state index < -0.39 is 6.10 Å². The van der Waals surface area contributed by atoms with Gasteiger partial charge < -0.3 is 15.5 Å². The predicted octanol–water partition coefficient (Wildman–Crippen LogP) is 1.40. The van der Waals surface area contributed by atoms with Crippen LogP contribution in [0.2, 0.25) is 0 Å². The first-order chi connectivity index (χ1) is 8.45. The number of nitrogens with one attached hydrogen (secondary N) is 1. The van der Waals surface area contributed by atoms with E-state index in [0.717, 1.165) is 12.8 Å². The number of hydrogen-bond acceptors (Lipinski definition) is 4. The SMILES string of the molecule is CC(C)CCCC(C)NC(=O)CSCC(O)CO. The van der Waals surface area contributed by atoms with Gasteiger partial charge in [-0.3, -0.25) is 4.79 Å². The molecule has 3 N–H and O–H groups in total. The molecular formula is C13H27NO3S. The molecule has 0 fully saturated rings. The van der Waals surface area contributed by atoms with E-state index in [2.05, 4.69) is 19.2 Å². The fourth-order valence-corrected chi connectivity index (χ4v) is 2.33. The lowest BCUT2D eigenvalue weighted by atomic mass is 10.0. The van der Waals surface area contributed by atoms with Gasteiger partial charge in [0.05, 0.1) is 18.5 Å². The zero-order valence-corrected chi connectivity index (χ0v) is 12.5. The maximum Gasteiger partial charge on any atom is 0.230 e. The highest BCUT2D eigenvalue weighted by Gasteiger charge is 2.09. The molecule has 2 unspecified atom stereocenters. The summed E-state index contributed by atoms with van der Waals surface area (Å²) in [6, 6.07) is 0.208. The molecule has 5 heteroatoms. The number of aliphatic hydroxyl groups excluding tert-OH is 2. The van der Waals surface area contributed by atoms with Crippen molar-refractivity contribution < 1.29 is 15.0 Å². The highest BCUT2D eigenvalue weighted by Crippen LogP contribution is 2.08.